The van der Waals surface area contributed by atoms with E-state index < -0.39 is 6.10 Å². The fourth-order valence-corrected chi connectivity index (χ4v) is 3.05. The third kappa shape index (κ3) is 3.43. The normalized spacial score (nSPS) is 12.5. The van der Waals surface area contributed by atoms with Crippen molar-refractivity contribution in [1.29, 1.82) is 0 Å². The lowest BCUT2D eigenvalue weighted by Gasteiger charge is -2.13. The van der Waals surface area contributed by atoms with Gasteiger partial charge in [0, 0.05) is 30.6 Å². The van der Waals surface area contributed by atoms with Crippen LogP contribution in [0.5, 0.6) is 5.75 Å². The molecule has 0 fully saturated rings. The molecule has 1 N–H and O–H groups in total. The molecule has 1 atom stereocenters. The number of rotatable bonds is 6. The van der Waals surface area contributed by atoms with E-state index in [9.17, 15) is 5.11 Å². The van der Waals surface area contributed by atoms with Gasteiger partial charge in [0.15, 0.2) is 5.16 Å². The number of hydrogen-bond donors (Lipinski definition) is 1. The fraction of sp³-hybridized carbons (Fsp3) is 0.235. The Hall–Kier alpha value is -1.98. The number of aryl methyl sites for hydroxylation is 1. The van der Waals surface area contributed by atoms with Gasteiger partial charge in [-0.25, -0.2) is 4.98 Å². The molecule has 114 valence electrons. The Morgan fingerprint density at radius 1 is 1.23 bits per heavy atom. The lowest BCUT2D eigenvalue weighted by Crippen LogP contribution is -2.20. The van der Waals surface area contributed by atoms with Crippen LogP contribution in [-0.4, -0.2) is 33.1 Å². The van der Waals surface area contributed by atoms with Crippen LogP contribution in [-0.2, 0) is 7.05 Å². The first-order chi connectivity index (χ1) is 10.7. The molecule has 4 nitrogen and oxygen atoms in total. The number of benzene rings is 2. The van der Waals surface area contributed by atoms with Crippen molar-refractivity contribution in [2.45, 2.75) is 11.3 Å². The molecule has 3 aromatic rings. The van der Waals surface area contributed by atoms with Crippen LogP contribution < -0.4 is 4.74 Å². The molecule has 0 aliphatic heterocycles. The van der Waals surface area contributed by atoms with Crippen LogP contribution in [0.15, 0.2) is 60.0 Å². The summed E-state index contributed by atoms with van der Waals surface area (Å²) in [5, 5.41) is 13.2. The van der Waals surface area contributed by atoms with Crippen LogP contribution in [0, 0.1) is 0 Å². The number of nitrogens with zero attached hydrogens (tertiary/aromatic N) is 2. The highest BCUT2D eigenvalue weighted by Gasteiger charge is 2.10. The maximum atomic E-state index is 10.1. The Morgan fingerprint density at radius 3 is 2.86 bits per heavy atom. The summed E-state index contributed by atoms with van der Waals surface area (Å²) in [6.07, 6.45) is 3.10. The van der Waals surface area contributed by atoms with E-state index >= 15 is 0 Å². The van der Waals surface area contributed by atoms with Crippen LogP contribution in [0.25, 0.3) is 10.8 Å². The minimum Gasteiger partial charge on any atom is -0.490 e. The number of aromatic nitrogens is 2. The van der Waals surface area contributed by atoms with E-state index in [1.54, 1.807) is 6.20 Å². The quantitative estimate of drug-likeness (QED) is 0.710. The summed E-state index contributed by atoms with van der Waals surface area (Å²) in [4.78, 5) is 4.22. The van der Waals surface area contributed by atoms with E-state index in [1.165, 1.54) is 11.8 Å². The van der Waals surface area contributed by atoms with Crippen molar-refractivity contribution in [2.24, 2.45) is 7.05 Å². The topological polar surface area (TPSA) is 47.3 Å². The Morgan fingerprint density at radius 2 is 2.05 bits per heavy atom. The Balaban J connectivity index is 1.58. The van der Waals surface area contributed by atoms with Gasteiger partial charge in [0.25, 0.3) is 0 Å². The first-order valence-electron chi connectivity index (χ1n) is 7.13. The molecule has 0 bridgehead atoms. The summed E-state index contributed by atoms with van der Waals surface area (Å²) in [5.74, 6) is 1.36. The predicted molar refractivity (Wildman–Crippen MR) is 89.4 cm³/mol. The smallest absolute Gasteiger partial charge is 0.167 e. The lowest BCUT2D eigenvalue weighted by molar-refractivity contribution is 0.127. The number of aliphatic hydroxyl groups is 1. The van der Waals surface area contributed by atoms with Gasteiger partial charge in [-0.1, -0.05) is 48.2 Å². The van der Waals surface area contributed by atoms with Gasteiger partial charge >= 0.3 is 0 Å². The molecule has 0 amide bonds. The highest BCUT2D eigenvalue weighted by molar-refractivity contribution is 7.99. The van der Waals surface area contributed by atoms with Crippen molar-refractivity contribution in [3.05, 3.63) is 54.9 Å². The zero-order chi connectivity index (χ0) is 15.4. The van der Waals surface area contributed by atoms with Crippen molar-refractivity contribution in [1.82, 2.24) is 9.55 Å². The molecule has 5 heteroatoms. The summed E-state index contributed by atoms with van der Waals surface area (Å²) in [5.41, 5.74) is 0. The van der Waals surface area contributed by atoms with Gasteiger partial charge in [-0.05, 0) is 11.5 Å². The Bertz CT molecular complexity index is 752. The van der Waals surface area contributed by atoms with Gasteiger partial charge in [0.05, 0.1) is 6.10 Å². The van der Waals surface area contributed by atoms with E-state index in [2.05, 4.69) is 17.1 Å². The van der Waals surface area contributed by atoms with Gasteiger partial charge in [-0.2, -0.15) is 0 Å². The SMILES string of the molecule is Cn1ccnc1SC[C@@H](O)COc1cccc2ccccc12. The van der Waals surface area contributed by atoms with Crippen molar-refractivity contribution in [3.63, 3.8) is 0 Å². The van der Waals surface area contributed by atoms with Crippen molar-refractivity contribution in [2.75, 3.05) is 12.4 Å². The molecular weight excluding hydrogens is 296 g/mol. The fourth-order valence-electron chi connectivity index (χ4n) is 2.22. The molecule has 2 aromatic carbocycles. The van der Waals surface area contributed by atoms with Crippen molar-refractivity contribution in [3.8, 4) is 5.75 Å². The number of hydrogen-bond acceptors (Lipinski definition) is 4. The van der Waals surface area contributed by atoms with Crippen LogP contribution in [0.2, 0.25) is 0 Å². The summed E-state index contributed by atoms with van der Waals surface area (Å²) in [6, 6.07) is 14.0. The van der Waals surface area contributed by atoms with E-state index in [-0.39, 0.29) is 6.61 Å². The van der Waals surface area contributed by atoms with E-state index in [4.69, 9.17) is 4.74 Å². The molecule has 0 saturated carbocycles. The standard InChI is InChI=1S/C17H18N2O2S/c1-19-10-9-18-17(19)22-12-14(20)11-21-16-8-4-6-13-5-2-3-7-15(13)16/h2-10,14,20H,11-12H2,1H3/t14-/m0/s1. The van der Waals surface area contributed by atoms with Crippen molar-refractivity contribution >= 4 is 22.5 Å². The van der Waals surface area contributed by atoms with Crippen LogP contribution in [0.3, 0.4) is 0 Å². The highest BCUT2D eigenvalue weighted by Crippen LogP contribution is 2.25. The molecule has 1 aromatic heterocycles. The Labute approximate surface area is 133 Å². The molecule has 0 spiro atoms. The third-order valence-electron chi connectivity index (χ3n) is 3.36. The van der Waals surface area contributed by atoms with E-state index in [0.717, 1.165) is 21.7 Å². The molecule has 0 radical (unpaired) electrons. The minimum atomic E-state index is -0.541. The number of aliphatic hydroxyl groups excluding tert-OH is 1. The third-order valence-corrected chi connectivity index (χ3v) is 4.57. The van der Waals surface area contributed by atoms with Gasteiger partial charge in [-0.15, -0.1) is 0 Å². The van der Waals surface area contributed by atoms with Crippen LogP contribution in [0.4, 0.5) is 0 Å². The number of thioether (sulfide) groups is 1. The second-order valence-electron chi connectivity index (χ2n) is 5.07. The average molecular weight is 314 g/mol. The zero-order valence-electron chi connectivity index (χ0n) is 12.3. The maximum absolute atomic E-state index is 10.1. The number of fused-ring (bicyclic) bond motifs is 1. The average Bonchev–Trinajstić information content (AvgIpc) is 2.96. The molecule has 3 rings (SSSR count). The van der Waals surface area contributed by atoms with Crippen molar-refractivity contribution < 1.29 is 9.84 Å². The largest absolute Gasteiger partial charge is 0.490 e. The second-order valence-corrected chi connectivity index (χ2v) is 6.06. The summed E-state index contributed by atoms with van der Waals surface area (Å²) in [7, 11) is 1.94. The van der Waals surface area contributed by atoms with Crippen LogP contribution >= 0.6 is 11.8 Å². The zero-order valence-corrected chi connectivity index (χ0v) is 13.2. The minimum absolute atomic E-state index is 0.269. The number of imidazole rings is 1. The first kappa shape index (κ1) is 14.9. The van der Waals surface area contributed by atoms with Gasteiger partial charge < -0.3 is 14.4 Å². The van der Waals surface area contributed by atoms with Crippen LogP contribution in [0.1, 0.15) is 0 Å². The van der Waals surface area contributed by atoms with E-state index in [0.29, 0.717) is 5.75 Å². The summed E-state index contributed by atoms with van der Waals surface area (Å²) >= 11 is 1.52. The predicted octanol–water partition coefficient (Wildman–Crippen LogP) is 3.11. The summed E-state index contributed by atoms with van der Waals surface area (Å²) in [6.45, 7) is 0.269. The van der Waals surface area contributed by atoms with E-state index in [1.807, 2.05) is 48.1 Å². The molecule has 0 saturated heterocycles. The highest BCUT2D eigenvalue weighted by atomic mass is 32.2. The number of ether oxygens (including phenoxy) is 1. The van der Waals surface area contributed by atoms with Gasteiger partial charge in [-0.3, -0.25) is 0 Å². The molecule has 0 aliphatic rings. The lowest BCUT2D eigenvalue weighted by atomic mass is 10.1. The van der Waals surface area contributed by atoms with Gasteiger partial charge in [0.2, 0.25) is 0 Å². The maximum Gasteiger partial charge on any atom is 0.167 e. The Kier molecular flexibility index (Phi) is 4.65. The molecule has 0 unspecified atom stereocenters. The molecular formula is C17H18N2O2S. The molecule has 0 aliphatic carbocycles. The summed E-state index contributed by atoms with van der Waals surface area (Å²) < 4.78 is 7.72. The van der Waals surface area contributed by atoms with Gasteiger partial charge in [0.1, 0.15) is 12.4 Å². The molecule has 22 heavy (non-hydrogen) atoms. The monoisotopic (exact) mass is 314 g/mol. The first-order valence-corrected chi connectivity index (χ1v) is 8.11. The molecule has 1 heterocycles. The second kappa shape index (κ2) is 6.85.